The molecule has 0 bridgehead atoms. The van der Waals surface area contributed by atoms with Crippen molar-refractivity contribution >= 4 is 22.8 Å². The van der Waals surface area contributed by atoms with Crippen LogP contribution < -0.4 is 16.6 Å². The Labute approximate surface area is 131 Å². The second-order valence-corrected chi connectivity index (χ2v) is 4.89. The van der Waals surface area contributed by atoms with E-state index in [9.17, 15) is 19.2 Å². The Kier molecular flexibility index (Phi) is 5.29. The van der Waals surface area contributed by atoms with E-state index in [-0.39, 0.29) is 31.0 Å². The zero-order chi connectivity index (χ0) is 16.8. The number of aromatic nitrogens is 2. The molecule has 0 saturated heterocycles. The van der Waals surface area contributed by atoms with Crippen molar-refractivity contribution < 1.29 is 14.3 Å². The predicted molar refractivity (Wildman–Crippen MR) is 83.1 cm³/mol. The van der Waals surface area contributed by atoms with E-state index < -0.39 is 11.7 Å². The maximum absolute atomic E-state index is 12.3. The van der Waals surface area contributed by atoms with Crippen LogP contribution in [0.4, 0.5) is 0 Å². The lowest BCUT2D eigenvalue weighted by atomic mass is 10.2. The van der Waals surface area contributed by atoms with Gasteiger partial charge in [-0.05, 0) is 18.6 Å². The maximum Gasteiger partial charge on any atom is 0.328 e. The maximum atomic E-state index is 12.3. The van der Waals surface area contributed by atoms with E-state index in [2.05, 4.69) is 15.0 Å². The first-order chi connectivity index (χ1) is 11.0. The molecule has 0 unspecified atom stereocenters. The van der Waals surface area contributed by atoms with Crippen molar-refractivity contribution in [2.24, 2.45) is 0 Å². The van der Waals surface area contributed by atoms with Crippen LogP contribution in [0.3, 0.4) is 0 Å². The highest BCUT2D eigenvalue weighted by Crippen LogP contribution is 2.03. The summed E-state index contributed by atoms with van der Waals surface area (Å²) in [4.78, 5) is 49.3. The summed E-state index contributed by atoms with van der Waals surface area (Å²) in [5, 5.41) is 2.81. The fraction of sp³-hybridized carbons (Fsp3) is 0.333. The molecule has 23 heavy (non-hydrogen) atoms. The SMILES string of the molecule is COC(=O)CNC(=O)CCCn1c(=O)[nH]c2ccccc2c1=O. The van der Waals surface area contributed by atoms with Gasteiger partial charge in [0.1, 0.15) is 6.54 Å². The van der Waals surface area contributed by atoms with E-state index in [1.165, 1.54) is 7.11 Å². The zero-order valence-corrected chi connectivity index (χ0v) is 12.6. The molecule has 1 amide bonds. The Morgan fingerprint density at radius 3 is 2.74 bits per heavy atom. The number of nitrogens with one attached hydrogen (secondary N) is 2. The highest BCUT2D eigenvalue weighted by Gasteiger charge is 2.09. The van der Waals surface area contributed by atoms with Crippen LogP contribution in [-0.2, 0) is 20.9 Å². The van der Waals surface area contributed by atoms with Gasteiger partial charge in [-0.3, -0.25) is 19.0 Å². The topological polar surface area (TPSA) is 110 Å². The summed E-state index contributed by atoms with van der Waals surface area (Å²) in [7, 11) is 1.23. The molecule has 1 aromatic heterocycles. The van der Waals surface area contributed by atoms with Gasteiger partial charge in [0.25, 0.3) is 5.56 Å². The molecule has 0 saturated carbocycles. The number of hydrogen-bond donors (Lipinski definition) is 2. The molecule has 8 heteroatoms. The second-order valence-electron chi connectivity index (χ2n) is 4.89. The summed E-state index contributed by atoms with van der Waals surface area (Å²) < 4.78 is 5.47. The fourth-order valence-electron chi connectivity index (χ4n) is 2.13. The first kappa shape index (κ1) is 16.5. The first-order valence-corrected chi connectivity index (χ1v) is 7.08. The number of para-hydroxylation sites is 1. The minimum absolute atomic E-state index is 0.0930. The molecule has 0 spiro atoms. The zero-order valence-electron chi connectivity index (χ0n) is 12.6. The van der Waals surface area contributed by atoms with Crippen molar-refractivity contribution in [2.75, 3.05) is 13.7 Å². The highest BCUT2D eigenvalue weighted by atomic mass is 16.5. The lowest BCUT2D eigenvalue weighted by Crippen LogP contribution is -2.35. The van der Waals surface area contributed by atoms with E-state index >= 15 is 0 Å². The summed E-state index contributed by atoms with van der Waals surface area (Å²) in [6.45, 7) is -0.0868. The van der Waals surface area contributed by atoms with E-state index in [0.717, 1.165) is 4.57 Å². The van der Waals surface area contributed by atoms with Crippen LogP contribution >= 0.6 is 0 Å². The molecular formula is C15H17N3O5. The lowest BCUT2D eigenvalue weighted by molar-refractivity contribution is -0.141. The molecule has 0 radical (unpaired) electrons. The molecule has 1 aromatic carbocycles. The van der Waals surface area contributed by atoms with Crippen LogP contribution in [0.2, 0.25) is 0 Å². The van der Waals surface area contributed by atoms with Gasteiger partial charge in [-0.15, -0.1) is 0 Å². The standard InChI is InChI=1S/C15H17N3O5/c1-23-13(20)9-16-12(19)7-4-8-18-14(21)10-5-2-3-6-11(10)17-15(18)22/h2-3,5-6H,4,7-9H2,1H3,(H,16,19)(H,17,22). The van der Waals surface area contributed by atoms with E-state index in [1.54, 1.807) is 24.3 Å². The summed E-state index contributed by atoms with van der Waals surface area (Å²) >= 11 is 0. The summed E-state index contributed by atoms with van der Waals surface area (Å²) in [6, 6.07) is 6.73. The minimum Gasteiger partial charge on any atom is -0.468 e. The van der Waals surface area contributed by atoms with Crippen LogP contribution in [-0.4, -0.2) is 35.1 Å². The van der Waals surface area contributed by atoms with Gasteiger partial charge >= 0.3 is 11.7 Å². The molecule has 2 rings (SSSR count). The Bertz CT molecular complexity index is 837. The number of rotatable bonds is 6. The molecule has 0 aliphatic carbocycles. The number of esters is 1. The molecule has 122 valence electrons. The smallest absolute Gasteiger partial charge is 0.328 e. The van der Waals surface area contributed by atoms with Crippen molar-refractivity contribution in [2.45, 2.75) is 19.4 Å². The Morgan fingerprint density at radius 2 is 2.00 bits per heavy atom. The minimum atomic E-state index is -0.541. The summed E-state index contributed by atoms with van der Waals surface area (Å²) in [5.74, 6) is -0.888. The van der Waals surface area contributed by atoms with Crippen LogP contribution in [0, 0.1) is 0 Å². The number of H-pyrrole nitrogens is 1. The number of ether oxygens (including phenoxy) is 1. The Balaban J connectivity index is 2.00. The van der Waals surface area contributed by atoms with Gasteiger partial charge in [0, 0.05) is 13.0 Å². The van der Waals surface area contributed by atoms with E-state index in [4.69, 9.17) is 0 Å². The van der Waals surface area contributed by atoms with Crippen LogP contribution in [0.25, 0.3) is 10.9 Å². The third kappa shape index (κ3) is 4.06. The molecule has 0 aliphatic rings. The lowest BCUT2D eigenvalue weighted by Gasteiger charge is -2.07. The van der Waals surface area contributed by atoms with Gasteiger partial charge in [0.05, 0.1) is 18.0 Å². The number of nitrogens with zero attached hydrogens (tertiary/aromatic N) is 1. The average Bonchev–Trinajstić information content (AvgIpc) is 2.55. The van der Waals surface area contributed by atoms with Gasteiger partial charge in [0.2, 0.25) is 5.91 Å². The van der Waals surface area contributed by atoms with Crippen LogP contribution in [0.1, 0.15) is 12.8 Å². The first-order valence-electron chi connectivity index (χ1n) is 7.08. The summed E-state index contributed by atoms with van der Waals surface area (Å²) in [6.07, 6.45) is 0.393. The van der Waals surface area contributed by atoms with Gasteiger partial charge < -0.3 is 15.0 Å². The molecule has 0 aliphatic heterocycles. The van der Waals surface area contributed by atoms with Gasteiger partial charge in [-0.1, -0.05) is 12.1 Å². The molecule has 8 nitrogen and oxygen atoms in total. The number of carbonyl (C=O) groups excluding carboxylic acids is 2. The van der Waals surface area contributed by atoms with E-state index in [1.807, 2.05) is 0 Å². The Hall–Kier alpha value is -2.90. The van der Waals surface area contributed by atoms with Crippen molar-refractivity contribution in [3.8, 4) is 0 Å². The van der Waals surface area contributed by atoms with Crippen molar-refractivity contribution in [3.63, 3.8) is 0 Å². The largest absolute Gasteiger partial charge is 0.468 e. The van der Waals surface area contributed by atoms with Crippen LogP contribution in [0.15, 0.2) is 33.9 Å². The number of amides is 1. The third-order valence-electron chi connectivity index (χ3n) is 3.33. The molecule has 2 N–H and O–H groups in total. The van der Waals surface area contributed by atoms with Crippen LogP contribution in [0.5, 0.6) is 0 Å². The highest BCUT2D eigenvalue weighted by molar-refractivity contribution is 5.81. The summed E-state index contributed by atoms with van der Waals surface area (Å²) in [5.41, 5.74) is -0.419. The molecule has 0 atom stereocenters. The number of hydrogen-bond acceptors (Lipinski definition) is 5. The number of aromatic amines is 1. The van der Waals surface area contributed by atoms with Gasteiger partial charge in [-0.25, -0.2) is 4.79 Å². The molecule has 1 heterocycles. The van der Waals surface area contributed by atoms with Crippen molar-refractivity contribution in [1.29, 1.82) is 0 Å². The number of carbonyl (C=O) groups is 2. The third-order valence-corrected chi connectivity index (χ3v) is 3.33. The fourth-order valence-corrected chi connectivity index (χ4v) is 2.13. The predicted octanol–water partition coefficient (Wildman–Crippen LogP) is -0.241. The van der Waals surface area contributed by atoms with E-state index in [0.29, 0.717) is 17.3 Å². The second kappa shape index (κ2) is 7.39. The Morgan fingerprint density at radius 1 is 1.26 bits per heavy atom. The molecule has 2 aromatic rings. The number of benzene rings is 1. The number of methoxy groups -OCH3 is 1. The monoisotopic (exact) mass is 319 g/mol. The van der Waals surface area contributed by atoms with Crippen molar-refractivity contribution in [3.05, 3.63) is 45.1 Å². The number of fused-ring (bicyclic) bond motifs is 1. The van der Waals surface area contributed by atoms with Gasteiger partial charge in [-0.2, -0.15) is 0 Å². The molecule has 0 fully saturated rings. The normalized spacial score (nSPS) is 10.5. The average molecular weight is 319 g/mol. The van der Waals surface area contributed by atoms with Crippen molar-refractivity contribution in [1.82, 2.24) is 14.9 Å². The quantitative estimate of drug-likeness (QED) is 0.714. The van der Waals surface area contributed by atoms with Gasteiger partial charge in [0.15, 0.2) is 0 Å². The molecular weight excluding hydrogens is 302 g/mol.